The van der Waals surface area contributed by atoms with Crippen molar-refractivity contribution < 1.29 is 4.79 Å². The van der Waals surface area contributed by atoms with Crippen molar-refractivity contribution in [1.29, 1.82) is 0 Å². The summed E-state index contributed by atoms with van der Waals surface area (Å²) in [6.07, 6.45) is 0.918. The minimum Gasteiger partial charge on any atom is -0.347 e. The van der Waals surface area contributed by atoms with Crippen LogP contribution in [-0.2, 0) is 0 Å². The fraction of sp³-hybridized carbons (Fsp3) is 0.667. The molecule has 1 rings (SSSR count). The normalized spacial score (nSPS) is 12.0. The van der Waals surface area contributed by atoms with Crippen molar-refractivity contribution in [3.63, 3.8) is 0 Å². The first kappa shape index (κ1) is 14.8. The quantitative estimate of drug-likeness (QED) is 0.870. The van der Waals surface area contributed by atoms with Crippen molar-refractivity contribution >= 4 is 5.91 Å². The molecule has 1 N–H and O–H groups in total. The molecule has 0 aliphatic heterocycles. The Morgan fingerprint density at radius 1 is 1.39 bits per heavy atom. The number of nitrogens with one attached hydrogen (secondary N) is 1. The number of aryl methyl sites for hydroxylation is 1. The molecule has 0 atom stereocenters. The summed E-state index contributed by atoms with van der Waals surface area (Å²) in [6, 6.07) is 2.36. The fourth-order valence-electron chi connectivity index (χ4n) is 2.26. The summed E-state index contributed by atoms with van der Waals surface area (Å²) in [5, 5.41) is 3.09. The maximum atomic E-state index is 12.3. The first-order chi connectivity index (χ1) is 8.19. The van der Waals surface area contributed by atoms with Gasteiger partial charge < -0.3 is 9.88 Å². The smallest absolute Gasteiger partial charge is 0.253 e. The second-order valence-corrected chi connectivity index (χ2v) is 5.94. The molecule has 1 aromatic heterocycles. The zero-order valence-corrected chi connectivity index (χ0v) is 12.7. The number of rotatable bonds is 4. The van der Waals surface area contributed by atoms with E-state index in [-0.39, 0.29) is 11.4 Å². The molecule has 0 radical (unpaired) electrons. The van der Waals surface area contributed by atoms with Crippen molar-refractivity contribution in [3.8, 4) is 0 Å². The summed E-state index contributed by atoms with van der Waals surface area (Å²) in [5.74, 6) is 0.0295. The predicted octanol–water partition coefficient (Wildman–Crippen LogP) is 3.60. The van der Waals surface area contributed by atoms with Gasteiger partial charge in [-0.05, 0) is 54.0 Å². The molecule has 0 aromatic carbocycles. The molecule has 3 heteroatoms. The topological polar surface area (TPSA) is 34.0 Å². The van der Waals surface area contributed by atoms with Crippen LogP contribution in [0, 0.1) is 13.8 Å². The molecular weight excluding hydrogens is 224 g/mol. The van der Waals surface area contributed by atoms with Gasteiger partial charge in [-0.3, -0.25) is 4.79 Å². The molecule has 0 saturated heterocycles. The Morgan fingerprint density at radius 3 is 2.33 bits per heavy atom. The van der Waals surface area contributed by atoms with Crippen molar-refractivity contribution in [2.45, 2.75) is 66.5 Å². The van der Waals surface area contributed by atoms with Crippen LogP contribution in [0.3, 0.4) is 0 Å². The van der Waals surface area contributed by atoms with Crippen LogP contribution in [0.1, 0.15) is 68.8 Å². The molecule has 0 unspecified atom stereocenters. The SMILES string of the molecule is CCC(C)(C)NC(=O)c1cc(C)n(C(C)C)c1C. The lowest BCUT2D eigenvalue weighted by Crippen LogP contribution is -2.42. The first-order valence-electron chi connectivity index (χ1n) is 6.70. The summed E-state index contributed by atoms with van der Waals surface area (Å²) in [7, 11) is 0. The Labute approximate surface area is 111 Å². The molecule has 0 fully saturated rings. The van der Waals surface area contributed by atoms with Crippen LogP contribution in [0.5, 0.6) is 0 Å². The second-order valence-electron chi connectivity index (χ2n) is 5.94. The lowest BCUT2D eigenvalue weighted by molar-refractivity contribution is 0.0910. The van der Waals surface area contributed by atoms with E-state index < -0.39 is 0 Å². The highest BCUT2D eigenvalue weighted by Crippen LogP contribution is 2.21. The van der Waals surface area contributed by atoms with Gasteiger partial charge in [0.05, 0.1) is 5.56 Å². The Bertz CT molecular complexity index is 442. The highest BCUT2D eigenvalue weighted by Gasteiger charge is 2.22. The van der Waals surface area contributed by atoms with Crippen LogP contribution in [0.2, 0.25) is 0 Å². The van der Waals surface area contributed by atoms with E-state index in [4.69, 9.17) is 0 Å². The molecule has 1 aromatic rings. The number of carbonyl (C=O) groups is 1. The van der Waals surface area contributed by atoms with E-state index in [1.54, 1.807) is 0 Å². The van der Waals surface area contributed by atoms with Crippen LogP contribution in [0.25, 0.3) is 0 Å². The van der Waals surface area contributed by atoms with E-state index in [0.29, 0.717) is 6.04 Å². The van der Waals surface area contributed by atoms with Crippen molar-refractivity contribution in [3.05, 3.63) is 23.0 Å². The molecule has 0 spiro atoms. The third-order valence-electron chi connectivity index (χ3n) is 3.58. The van der Waals surface area contributed by atoms with Crippen LogP contribution in [0.4, 0.5) is 0 Å². The van der Waals surface area contributed by atoms with Gasteiger partial charge in [0, 0.05) is 23.0 Å². The fourth-order valence-corrected chi connectivity index (χ4v) is 2.26. The van der Waals surface area contributed by atoms with Gasteiger partial charge in [0.25, 0.3) is 5.91 Å². The molecule has 3 nitrogen and oxygen atoms in total. The van der Waals surface area contributed by atoms with Gasteiger partial charge in [-0.25, -0.2) is 0 Å². The van der Waals surface area contributed by atoms with Crippen LogP contribution >= 0.6 is 0 Å². The average molecular weight is 250 g/mol. The van der Waals surface area contributed by atoms with Crippen LogP contribution in [-0.4, -0.2) is 16.0 Å². The summed E-state index contributed by atoms with van der Waals surface area (Å²) >= 11 is 0. The Kier molecular flexibility index (Phi) is 4.25. The molecule has 0 bridgehead atoms. The molecule has 0 saturated carbocycles. The van der Waals surface area contributed by atoms with Crippen molar-refractivity contribution in [1.82, 2.24) is 9.88 Å². The van der Waals surface area contributed by atoms with Crippen LogP contribution < -0.4 is 5.32 Å². The number of nitrogens with zero attached hydrogens (tertiary/aromatic N) is 1. The van der Waals surface area contributed by atoms with Gasteiger partial charge in [-0.1, -0.05) is 6.92 Å². The van der Waals surface area contributed by atoms with E-state index in [9.17, 15) is 4.79 Å². The summed E-state index contributed by atoms with van der Waals surface area (Å²) in [6.45, 7) is 14.5. The molecule has 1 amide bonds. The molecule has 1 heterocycles. The first-order valence-corrected chi connectivity index (χ1v) is 6.70. The zero-order valence-electron chi connectivity index (χ0n) is 12.7. The zero-order chi connectivity index (χ0) is 14.1. The summed E-state index contributed by atoms with van der Waals surface area (Å²) in [5.41, 5.74) is 2.83. The highest BCUT2D eigenvalue weighted by molar-refractivity contribution is 5.96. The van der Waals surface area contributed by atoms with Gasteiger partial charge >= 0.3 is 0 Å². The maximum Gasteiger partial charge on any atom is 0.253 e. The highest BCUT2D eigenvalue weighted by atomic mass is 16.1. The van der Waals surface area contributed by atoms with E-state index in [0.717, 1.165) is 23.4 Å². The standard InChI is InChI=1S/C15H26N2O/c1-8-15(6,7)16-14(18)13-9-11(4)17(10(2)3)12(13)5/h9-10H,8H2,1-7H3,(H,16,18). The van der Waals surface area contributed by atoms with Crippen molar-refractivity contribution in [2.24, 2.45) is 0 Å². The summed E-state index contributed by atoms with van der Waals surface area (Å²) in [4.78, 5) is 12.3. The van der Waals surface area contributed by atoms with Crippen molar-refractivity contribution in [2.75, 3.05) is 0 Å². The molecule has 0 aliphatic carbocycles. The van der Waals surface area contributed by atoms with E-state index in [1.807, 2.05) is 26.8 Å². The Hall–Kier alpha value is -1.25. The third kappa shape index (κ3) is 2.95. The van der Waals surface area contributed by atoms with E-state index in [2.05, 4.69) is 37.6 Å². The van der Waals surface area contributed by atoms with E-state index in [1.165, 1.54) is 0 Å². The van der Waals surface area contributed by atoms with Gasteiger partial charge in [-0.2, -0.15) is 0 Å². The summed E-state index contributed by atoms with van der Waals surface area (Å²) < 4.78 is 2.20. The van der Waals surface area contributed by atoms with Gasteiger partial charge in [0.2, 0.25) is 0 Å². The largest absolute Gasteiger partial charge is 0.347 e. The lowest BCUT2D eigenvalue weighted by Gasteiger charge is -2.24. The van der Waals surface area contributed by atoms with Gasteiger partial charge in [0.1, 0.15) is 0 Å². The number of hydrogen-bond acceptors (Lipinski definition) is 1. The van der Waals surface area contributed by atoms with Crippen LogP contribution in [0.15, 0.2) is 6.07 Å². The average Bonchev–Trinajstić information content (AvgIpc) is 2.53. The predicted molar refractivity (Wildman–Crippen MR) is 76.1 cm³/mol. The second kappa shape index (κ2) is 5.17. The van der Waals surface area contributed by atoms with Gasteiger partial charge in [-0.15, -0.1) is 0 Å². The number of carbonyl (C=O) groups excluding carboxylic acids is 1. The minimum absolute atomic E-state index is 0.0295. The maximum absolute atomic E-state index is 12.3. The minimum atomic E-state index is -0.155. The molecular formula is C15H26N2O. The molecule has 102 valence electrons. The Balaban J connectivity index is 3.05. The Morgan fingerprint density at radius 2 is 1.94 bits per heavy atom. The monoisotopic (exact) mass is 250 g/mol. The number of hydrogen-bond donors (Lipinski definition) is 1. The molecule has 18 heavy (non-hydrogen) atoms. The van der Waals surface area contributed by atoms with E-state index >= 15 is 0 Å². The third-order valence-corrected chi connectivity index (χ3v) is 3.58. The van der Waals surface area contributed by atoms with Gasteiger partial charge in [0.15, 0.2) is 0 Å². The lowest BCUT2D eigenvalue weighted by atomic mass is 10.0. The number of aromatic nitrogens is 1. The molecule has 0 aliphatic rings. The number of amides is 1.